The number of hydrogen-bond acceptors (Lipinski definition) is 1. The van der Waals surface area contributed by atoms with Gasteiger partial charge in [-0.2, -0.15) is 13.2 Å². The molecule has 0 spiro atoms. The van der Waals surface area contributed by atoms with Crippen LogP contribution >= 0.6 is 0 Å². The summed E-state index contributed by atoms with van der Waals surface area (Å²) in [6.07, 6.45) is -4.38. The van der Waals surface area contributed by atoms with Crippen molar-refractivity contribution in [2.75, 3.05) is 5.32 Å². The Morgan fingerprint density at radius 2 is 1.80 bits per heavy atom. The molecule has 1 N–H and O–H groups in total. The number of alkyl halides is 3. The SMILES string of the molecule is Cc1ccc(CNc2cccc(C(F)(F)F)c2)c(F)c1. The van der Waals surface area contributed by atoms with Crippen molar-refractivity contribution in [2.24, 2.45) is 0 Å². The second kappa shape index (κ2) is 5.53. The molecule has 0 aliphatic heterocycles. The number of rotatable bonds is 3. The average molecular weight is 283 g/mol. The van der Waals surface area contributed by atoms with Crippen molar-refractivity contribution in [1.82, 2.24) is 0 Å². The maximum absolute atomic E-state index is 13.6. The Morgan fingerprint density at radius 3 is 2.45 bits per heavy atom. The number of benzene rings is 2. The molecule has 0 radical (unpaired) electrons. The van der Waals surface area contributed by atoms with Crippen LogP contribution in [0.3, 0.4) is 0 Å². The summed E-state index contributed by atoms with van der Waals surface area (Å²) in [5.41, 5.74) is 0.782. The number of halogens is 4. The summed E-state index contributed by atoms with van der Waals surface area (Å²) in [5.74, 6) is -0.371. The normalized spacial score (nSPS) is 11.4. The van der Waals surface area contributed by atoms with Gasteiger partial charge in [0.2, 0.25) is 0 Å². The van der Waals surface area contributed by atoms with Crippen molar-refractivity contribution in [1.29, 1.82) is 0 Å². The van der Waals surface area contributed by atoms with Crippen LogP contribution in [-0.2, 0) is 12.7 Å². The first kappa shape index (κ1) is 14.4. The molecule has 0 aliphatic rings. The number of nitrogens with one attached hydrogen (secondary N) is 1. The first-order valence-corrected chi connectivity index (χ1v) is 6.02. The highest BCUT2D eigenvalue weighted by atomic mass is 19.4. The predicted octanol–water partition coefficient (Wildman–Crippen LogP) is 4.77. The number of hydrogen-bond donors (Lipinski definition) is 1. The van der Waals surface area contributed by atoms with Crippen LogP contribution in [0.2, 0.25) is 0 Å². The van der Waals surface area contributed by atoms with Gasteiger partial charge < -0.3 is 5.32 Å². The second-order valence-corrected chi connectivity index (χ2v) is 4.53. The van der Waals surface area contributed by atoms with Gasteiger partial charge in [0.25, 0.3) is 0 Å². The van der Waals surface area contributed by atoms with Crippen LogP contribution in [0, 0.1) is 12.7 Å². The molecule has 106 valence electrons. The first-order valence-electron chi connectivity index (χ1n) is 6.02. The molecule has 1 nitrogen and oxygen atoms in total. The highest BCUT2D eigenvalue weighted by molar-refractivity contribution is 5.47. The van der Waals surface area contributed by atoms with Crippen molar-refractivity contribution in [3.8, 4) is 0 Å². The quantitative estimate of drug-likeness (QED) is 0.800. The van der Waals surface area contributed by atoms with Crippen molar-refractivity contribution < 1.29 is 17.6 Å². The largest absolute Gasteiger partial charge is 0.416 e. The van der Waals surface area contributed by atoms with Crippen LogP contribution in [0.25, 0.3) is 0 Å². The van der Waals surface area contributed by atoms with E-state index in [4.69, 9.17) is 0 Å². The lowest BCUT2D eigenvalue weighted by Gasteiger charge is -2.11. The fourth-order valence-electron chi connectivity index (χ4n) is 1.80. The zero-order valence-corrected chi connectivity index (χ0v) is 10.8. The van der Waals surface area contributed by atoms with Crippen LogP contribution in [0.4, 0.5) is 23.2 Å². The molecule has 0 aliphatic carbocycles. The predicted molar refractivity (Wildman–Crippen MR) is 69.9 cm³/mol. The van der Waals surface area contributed by atoms with Crippen molar-refractivity contribution >= 4 is 5.69 Å². The lowest BCUT2D eigenvalue weighted by Crippen LogP contribution is -2.07. The molecule has 0 amide bonds. The third kappa shape index (κ3) is 3.50. The minimum Gasteiger partial charge on any atom is -0.381 e. The molecule has 0 fully saturated rings. The van der Waals surface area contributed by atoms with E-state index >= 15 is 0 Å². The molecule has 20 heavy (non-hydrogen) atoms. The van der Waals surface area contributed by atoms with Crippen LogP contribution < -0.4 is 5.32 Å². The van der Waals surface area contributed by atoms with Crippen LogP contribution in [0.5, 0.6) is 0 Å². The third-order valence-electron chi connectivity index (χ3n) is 2.88. The molecule has 0 saturated carbocycles. The lowest BCUT2D eigenvalue weighted by molar-refractivity contribution is -0.137. The Kier molecular flexibility index (Phi) is 3.97. The van der Waals surface area contributed by atoms with Crippen molar-refractivity contribution in [2.45, 2.75) is 19.6 Å². The Hall–Kier alpha value is -2.04. The zero-order chi connectivity index (χ0) is 14.8. The van der Waals surface area contributed by atoms with E-state index in [1.165, 1.54) is 18.2 Å². The van der Waals surface area contributed by atoms with Gasteiger partial charge in [0.1, 0.15) is 5.82 Å². The maximum atomic E-state index is 13.6. The van der Waals surface area contributed by atoms with E-state index in [9.17, 15) is 17.6 Å². The van der Waals surface area contributed by atoms with Gasteiger partial charge in [-0.1, -0.05) is 18.2 Å². The first-order chi connectivity index (χ1) is 9.36. The van der Waals surface area contributed by atoms with Gasteiger partial charge in [0.15, 0.2) is 0 Å². The van der Waals surface area contributed by atoms with Crippen LogP contribution in [0.1, 0.15) is 16.7 Å². The van der Waals surface area contributed by atoms with Crippen LogP contribution in [0.15, 0.2) is 42.5 Å². The zero-order valence-electron chi connectivity index (χ0n) is 10.8. The fraction of sp³-hybridized carbons (Fsp3) is 0.200. The summed E-state index contributed by atoms with van der Waals surface area (Å²) in [6, 6.07) is 9.60. The van der Waals surface area contributed by atoms with Gasteiger partial charge in [0, 0.05) is 17.8 Å². The topological polar surface area (TPSA) is 12.0 Å². The lowest BCUT2D eigenvalue weighted by atomic mass is 10.1. The molecular weight excluding hydrogens is 270 g/mol. The van der Waals surface area contributed by atoms with Gasteiger partial charge >= 0.3 is 6.18 Å². The maximum Gasteiger partial charge on any atom is 0.416 e. The van der Waals surface area contributed by atoms with E-state index in [2.05, 4.69) is 5.32 Å². The molecule has 5 heteroatoms. The monoisotopic (exact) mass is 283 g/mol. The molecule has 2 aromatic carbocycles. The van der Waals surface area contributed by atoms with E-state index in [1.54, 1.807) is 19.1 Å². The molecule has 0 aromatic heterocycles. The van der Waals surface area contributed by atoms with Gasteiger partial charge in [-0.3, -0.25) is 0 Å². The molecule has 2 rings (SSSR count). The summed E-state index contributed by atoms with van der Waals surface area (Å²) in [5, 5.41) is 2.79. The molecule has 2 aromatic rings. The second-order valence-electron chi connectivity index (χ2n) is 4.53. The van der Waals surface area contributed by atoms with E-state index in [-0.39, 0.29) is 12.4 Å². The van der Waals surface area contributed by atoms with Gasteiger partial charge in [-0.05, 0) is 36.8 Å². The van der Waals surface area contributed by atoms with Crippen molar-refractivity contribution in [3.05, 3.63) is 65.0 Å². The molecule has 0 saturated heterocycles. The highest BCUT2D eigenvalue weighted by Gasteiger charge is 2.30. The number of aryl methyl sites for hydroxylation is 1. The summed E-state index contributed by atoms with van der Waals surface area (Å²) >= 11 is 0. The molecule has 0 unspecified atom stereocenters. The van der Waals surface area contributed by atoms with E-state index in [1.807, 2.05) is 0 Å². The molecule has 0 heterocycles. The fourth-order valence-corrected chi connectivity index (χ4v) is 1.80. The Morgan fingerprint density at radius 1 is 1.05 bits per heavy atom. The standard InChI is InChI=1S/C15H13F4N/c1-10-5-6-11(14(16)7-10)9-20-13-4-2-3-12(8-13)15(17,18)19/h2-8,20H,9H2,1H3. The molecular formula is C15H13F4N. The van der Waals surface area contributed by atoms with Crippen LogP contribution in [-0.4, -0.2) is 0 Å². The van der Waals surface area contributed by atoms with Crippen molar-refractivity contribution in [3.63, 3.8) is 0 Å². The Balaban J connectivity index is 2.11. The summed E-state index contributed by atoms with van der Waals surface area (Å²) in [6.45, 7) is 1.90. The summed E-state index contributed by atoms with van der Waals surface area (Å²) < 4.78 is 51.3. The van der Waals surface area contributed by atoms with E-state index in [0.717, 1.165) is 17.7 Å². The number of anilines is 1. The van der Waals surface area contributed by atoms with Gasteiger partial charge in [0.05, 0.1) is 5.56 Å². The van der Waals surface area contributed by atoms with E-state index < -0.39 is 11.7 Å². The minimum atomic E-state index is -4.38. The van der Waals surface area contributed by atoms with Gasteiger partial charge in [-0.15, -0.1) is 0 Å². The average Bonchev–Trinajstić information content (AvgIpc) is 2.37. The highest BCUT2D eigenvalue weighted by Crippen LogP contribution is 2.30. The van der Waals surface area contributed by atoms with Gasteiger partial charge in [-0.25, -0.2) is 4.39 Å². The molecule has 0 bridgehead atoms. The van der Waals surface area contributed by atoms with E-state index in [0.29, 0.717) is 11.3 Å². The smallest absolute Gasteiger partial charge is 0.381 e. The minimum absolute atomic E-state index is 0.132. The summed E-state index contributed by atoms with van der Waals surface area (Å²) in [4.78, 5) is 0. The Labute approximate surface area is 114 Å². The molecule has 0 atom stereocenters. The summed E-state index contributed by atoms with van der Waals surface area (Å²) in [7, 11) is 0. The Bertz CT molecular complexity index is 605. The third-order valence-corrected chi connectivity index (χ3v) is 2.88.